The van der Waals surface area contributed by atoms with Crippen molar-refractivity contribution in [2.45, 2.75) is 163 Å². The number of hydrogen-bond donors (Lipinski definition) is 0. The first-order valence-corrected chi connectivity index (χ1v) is 23.2. The second kappa shape index (κ2) is 27.4. The van der Waals surface area contributed by atoms with Crippen molar-refractivity contribution in [1.29, 1.82) is 0 Å². The molecule has 0 N–H and O–H groups in total. The third-order valence-corrected chi connectivity index (χ3v) is 10.8. The summed E-state index contributed by atoms with van der Waals surface area (Å²) in [5.74, 6) is 3.02. The highest BCUT2D eigenvalue weighted by Gasteiger charge is 2.21. The van der Waals surface area contributed by atoms with Gasteiger partial charge in [0.15, 0.2) is 28.7 Å². The van der Waals surface area contributed by atoms with Crippen LogP contribution in [0.5, 0.6) is 34.5 Å². The molecule has 8 heteroatoms. The normalized spacial score (nSPS) is 11.3. The Hall–Kier alpha value is -4.33. The second-order valence-electron chi connectivity index (χ2n) is 15.8. The van der Waals surface area contributed by atoms with Gasteiger partial charge >= 0.3 is 5.97 Å². The Labute approximate surface area is 355 Å². The Balaban J connectivity index is 1.98. The first-order chi connectivity index (χ1) is 29.0. The summed E-state index contributed by atoms with van der Waals surface area (Å²) in [6, 6.07) is 12.4. The van der Waals surface area contributed by atoms with Gasteiger partial charge in [-0.2, -0.15) is 0 Å². The lowest BCUT2D eigenvalue weighted by molar-refractivity contribution is -0.207. The molecule has 0 saturated carbocycles. The lowest BCUT2D eigenvalue weighted by Crippen LogP contribution is -2.07. The first kappa shape index (κ1) is 47.3. The van der Waals surface area contributed by atoms with Crippen LogP contribution >= 0.6 is 0 Å². The summed E-state index contributed by atoms with van der Waals surface area (Å²) in [5.41, 5.74) is 0. The number of carbonyl (C=O) groups is 1. The van der Waals surface area contributed by atoms with E-state index in [9.17, 15) is 4.79 Å². The number of fused-ring (bicyclic) bond motifs is 6. The lowest BCUT2D eigenvalue weighted by Gasteiger charge is -2.20. The molecular weight excluding hydrogens is 741 g/mol. The predicted molar refractivity (Wildman–Crippen MR) is 244 cm³/mol. The van der Waals surface area contributed by atoms with Crippen LogP contribution in [0.4, 0.5) is 0 Å². The van der Waals surface area contributed by atoms with Crippen LogP contribution in [0.1, 0.15) is 163 Å². The van der Waals surface area contributed by atoms with Gasteiger partial charge in [0.25, 0.3) is 0 Å². The number of hydrogen-bond acceptors (Lipinski definition) is 8. The van der Waals surface area contributed by atoms with Crippen molar-refractivity contribution in [3.8, 4) is 34.5 Å². The zero-order valence-electron chi connectivity index (χ0n) is 37.2. The van der Waals surface area contributed by atoms with Crippen LogP contribution in [0.15, 0.2) is 49.1 Å². The van der Waals surface area contributed by atoms with E-state index in [1.165, 1.54) is 44.9 Å². The number of benzene rings is 4. The minimum Gasteiger partial charge on any atom is -0.490 e. The van der Waals surface area contributed by atoms with Crippen molar-refractivity contribution in [2.24, 2.45) is 0 Å². The topological polar surface area (TPSA) is 81.7 Å². The van der Waals surface area contributed by atoms with E-state index in [1.54, 1.807) is 0 Å². The summed E-state index contributed by atoms with van der Waals surface area (Å²) < 4.78 is 32.7. The Morgan fingerprint density at radius 1 is 0.390 bits per heavy atom. The SMILES string of the molecule is C=CC(=O)OOc1cc2c3cc(OCCCCCC)c(OCCCCCC)cc3c3cc(OCCCCCC)c(OCCCCCC)cc3c2cc1OCCCCCC. The highest BCUT2D eigenvalue weighted by atomic mass is 17.2. The van der Waals surface area contributed by atoms with Crippen LogP contribution in [0, 0.1) is 0 Å². The maximum absolute atomic E-state index is 12.3. The van der Waals surface area contributed by atoms with Gasteiger partial charge in [-0.3, -0.25) is 4.89 Å². The fourth-order valence-corrected chi connectivity index (χ4v) is 7.32. The van der Waals surface area contributed by atoms with Crippen molar-refractivity contribution in [1.82, 2.24) is 0 Å². The summed E-state index contributed by atoms with van der Waals surface area (Å²) >= 11 is 0. The highest BCUT2D eigenvalue weighted by Crippen LogP contribution is 2.47. The van der Waals surface area contributed by atoms with Crippen molar-refractivity contribution < 1.29 is 38.3 Å². The molecule has 0 radical (unpaired) electrons. The molecule has 326 valence electrons. The molecule has 0 atom stereocenters. The Kier molecular flexibility index (Phi) is 22.0. The van der Waals surface area contributed by atoms with Gasteiger partial charge in [-0.15, -0.1) is 0 Å². The van der Waals surface area contributed by atoms with Crippen LogP contribution in [0.2, 0.25) is 0 Å². The van der Waals surface area contributed by atoms with Crippen molar-refractivity contribution in [2.75, 3.05) is 33.0 Å². The third-order valence-electron chi connectivity index (χ3n) is 10.8. The summed E-state index contributed by atoms with van der Waals surface area (Å²) in [5, 5.41) is 5.78. The predicted octanol–water partition coefficient (Wildman–Crippen LogP) is 15.0. The molecule has 59 heavy (non-hydrogen) atoms. The first-order valence-electron chi connectivity index (χ1n) is 23.2. The van der Waals surface area contributed by atoms with Crippen LogP contribution in [-0.4, -0.2) is 39.0 Å². The molecule has 0 fully saturated rings. The fourth-order valence-electron chi connectivity index (χ4n) is 7.32. The van der Waals surface area contributed by atoms with Gasteiger partial charge in [0.05, 0.1) is 33.0 Å². The molecule has 4 rings (SSSR count). The molecule has 0 aliphatic carbocycles. The van der Waals surface area contributed by atoms with E-state index in [-0.39, 0.29) is 0 Å². The van der Waals surface area contributed by atoms with E-state index in [1.807, 2.05) is 12.1 Å². The summed E-state index contributed by atoms with van der Waals surface area (Å²) in [6.45, 7) is 17.5. The van der Waals surface area contributed by atoms with Gasteiger partial charge < -0.3 is 23.7 Å². The molecule has 0 unspecified atom stereocenters. The van der Waals surface area contributed by atoms with E-state index in [4.69, 9.17) is 33.5 Å². The summed E-state index contributed by atoms with van der Waals surface area (Å²) in [4.78, 5) is 23.1. The second-order valence-corrected chi connectivity index (χ2v) is 15.8. The smallest absolute Gasteiger partial charge is 0.378 e. The number of ether oxygens (including phenoxy) is 5. The largest absolute Gasteiger partial charge is 0.490 e. The van der Waals surface area contributed by atoms with E-state index in [2.05, 4.69) is 65.5 Å². The quantitative estimate of drug-likeness (QED) is 0.0155. The van der Waals surface area contributed by atoms with E-state index in [0.717, 1.165) is 139 Å². The molecule has 4 aromatic carbocycles. The molecule has 0 bridgehead atoms. The van der Waals surface area contributed by atoms with E-state index in [0.29, 0.717) is 50.3 Å². The van der Waals surface area contributed by atoms with Crippen molar-refractivity contribution in [3.63, 3.8) is 0 Å². The van der Waals surface area contributed by atoms with Crippen LogP contribution in [-0.2, 0) is 9.68 Å². The van der Waals surface area contributed by atoms with Crippen LogP contribution < -0.4 is 28.6 Å². The van der Waals surface area contributed by atoms with Crippen molar-refractivity contribution in [3.05, 3.63) is 49.1 Å². The maximum atomic E-state index is 12.3. The molecule has 8 nitrogen and oxygen atoms in total. The Morgan fingerprint density at radius 2 is 0.627 bits per heavy atom. The minimum absolute atomic E-state index is 0.307. The average molecular weight is 815 g/mol. The average Bonchev–Trinajstić information content (AvgIpc) is 3.25. The van der Waals surface area contributed by atoms with Gasteiger partial charge in [0.1, 0.15) is 0 Å². The minimum atomic E-state index is -0.690. The van der Waals surface area contributed by atoms with Crippen LogP contribution in [0.25, 0.3) is 32.3 Å². The molecule has 0 aromatic heterocycles. The van der Waals surface area contributed by atoms with Gasteiger partial charge in [0, 0.05) is 6.08 Å². The molecule has 0 heterocycles. The van der Waals surface area contributed by atoms with Gasteiger partial charge in [-0.1, -0.05) is 138 Å². The Morgan fingerprint density at radius 3 is 0.864 bits per heavy atom. The molecule has 0 aliphatic rings. The zero-order chi connectivity index (χ0) is 42.1. The standard InChI is InChI=1S/C51H74O8/c1-7-13-18-23-28-53-45-33-39-40-34-46(54-29-24-19-14-8-2)48(56-31-26-21-16-10-4)36-42(40)44-38-50(58-59-51(52)12-6)49(57-32-27-22-17-11-5)37-43(44)41(39)35-47(45)55-30-25-20-15-9-3/h12,33-38H,6-11,13-32H2,1-5H3. The fraction of sp³-hybridized carbons (Fsp3) is 0.588. The number of carbonyl (C=O) groups excluding carboxylic acids is 1. The number of unbranched alkanes of at least 4 members (excludes halogenated alkanes) is 15. The van der Waals surface area contributed by atoms with Gasteiger partial charge in [-0.05, 0) is 101 Å². The maximum Gasteiger partial charge on any atom is 0.378 e. The van der Waals surface area contributed by atoms with E-state index >= 15 is 0 Å². The van der Waals surface area contributed by atoms with Crippen LogP contribution in [0.3, 0.4) is 0 Å². The molecule has 0 saturated heterocycles. The monoisotopic (exact) mass is 815 g/mol. The molecule has 4 aromatic rings. The van der Waals surface area contributed by atoms with Crippen molar-refractivity contribution >= 4 is 38.3 Å². The van der Waals surface area contributed by atoms with Gasteiger partial charge in [-0.25, -0.2) is 9.68 Å². The zero-order valence-corrected chi connectivity index (χ0v) is 37.2. The number of rotatable bonds is 33. The lowest BCUT2D eigenvalue weighted by atomic mass is 9.93. The van der Waals surface area contributed by atoms with E-state index < -0.39 is 5.97 Å². The molecular formula is C51H74O8. The molecule has 0 amide bonds. The molecule has 0 spiro atoms. The molecule has 0 aliphatic heterocycles. The Bertz CT molecular complexity index is 1800. The summed E-state index contributed by atoms with van der Waals surface area (Å²) in [6.07, 6.45) is 23.0. The van der Waals surface area contributed by atoms with Gasteiger partial charge in [0.2, 0.25) is 5.75 Å². The third kappa shape index (κ3) is 15.0. The summed E-state index contributed by atoms with van der Waals surface area (Å²) in [7, 11) is 0. The highest BCUT2D eigenvalue weighted by molar-refractivity contribution is 6.26.